The summed E-state index contributed by atoms with van der Waals surface area (Å²) in [5.74, 6) is -0.226. The lowest BCUT2D eigenvalue weighted by molar-refractivity contribution is 0.0938. The van der Waals surface area contributed by atoms with Crippen LogP contribution < -0.4 is 5.32 Å². The summed E-state index contributed by atoms with van der Waals surface area (Å²) in [7, 11) is 0. The van der Waals surface area contributed by atoms with Crippen LogP contribution in [0.1, 0.15) is 39.5 Å². The monoisotopic (exact) mass is 323 g/mol. The third-order valence-corrected chi connectivity index (χ3v) is 4.56. The van der Waals surface area contributed by atoms with Gasteiger partial charge < -0.3 is 5.32 Å². The van der Waals surface area contributed by atoms with Crippen LogP contribution in [-0.4, -0.2) is 15.9 Å². The van der Waals surface area contributed by atoms with E-state index in [-0.39, 0.29) is 11.9 Å². The molecule has 0 aliphatic heterocycles. The number of aromatic nitrogens is 2. The molecule has 5 heteroatoms. The van der Waals surface area contributed by atoms with E-state index in [1.807, 2.05) is 17.5 Å². The number of amides is 1. The van der Waals surface area contributed by atoms with E-state index in [9.17, 15) is 4.79 Å². The fraction of sp³-hybridized carbons (Fsp3) is 0.167. The Kier molecular flexibility index (Phi) is 4.78. The van der Waals surface area contributed by atoms with Gasteiger partial charge in [-0.2, -0.15) is 0 Å². The summed E-state index contributed by atoms with van der Waals surface area (Å²) < 4.78 is 0. The molecule has 0 saturated carbocycles. The van der Waals surface area contributed by atoms with E-state index in [4.69, 9.17) is 0 Å². The molecule has 0 bridgehead atoms. The first-order valence-corrected chi connectivity index (χ1v) is 8.35. The number of aryl methyl sites for hydroxylation is 1. The van der Waals surface area contributed by atoms with Crippen molar-refractivity contribution in [2.24, 2.45) is 0 Å². The molecule has 1 amide bonds. The maximum Gasteiger partial charge on any atom is 0.272 e. The second-order valence-corrected chi connectivity index (χ2v) is 6.09. The van der Waals surface area contributed by atoms with Gasteiger partial charge in [0.25, 0.3) is 5.91 Å². The third-order valence-electron chi connectivity index (χ3n) is 3.62. The second-order valence-electron chi connectivity index (χ2n) is 5.11. The topological polar surface area (TPSA) is 54.9 Å². The highest BCUT2D eigenvalue weighted by Crippen LogP contribution is 2.26. The lowest BCUT2D eigenvalue weighted by Crippen LogP contribution is -2.29. The average molecular weight is 323 g/mol. The van der Waals surface area contributed by atoms with Crippen molar-refractivity contribution < 1.29 is 4.79 Å². The van der Waals surface area contributed by atoms with E-state index < -0.39 is 0 Å². The van der Waals surface area contributed by atoms with Gasteiger partial charge in [0.05, 0.1) is 12.2 Å². The van der Waals surface area contributed by atoms with Crippen LogP contribution >= 0.6 is 11.3 Å². The first-order valence-electron chi connectivity index (χ1n) is 7.47. The Hall–Kier alpha value is -2.53. The molecule has 2 heterocycles. The fourth-order valence-electron chi connectivity index (χ4n) is 2.34. The van der Waals surface area contributed by atoms with Gasteiger partial charge >= 0.3 is 0 Å². The number of rotatable bonds is 5. The minimum Gasteiger partial charge on any atom is -0.339 e. The molecule has 0 fully saturated rings. The summed E-state index contributed by atoms with van der Waals surface area (Å²) in [4.78, 5) is 21.5. The zero-order valence-corrected chi connectivity index (χ0v) is 13.6. The van der Waals surface area contributed by atoms with Crippen LogP contribution in [-0.2, 0) is 6.42 Å². The SMILES string of the molecule is CCc1ccc(C(NC(=O)c2cnccn2)c2cccs2)cc1. The Labute approximate surface area is 139 Å². The van der Waals surface area contributed by atoms with Crippen LogP contribution in [0.2, 0.25) is 0 Å². The highest BCUT2D eigenvalue weighted by atomic mass is 32.1. The van der Waals surface area contributed by atoms with Crippen LogP contribution in [0.25, 0.3) is 0 Å². The molecule has 3 rings (SSSR count). The molecule has 1 atom stereocenters. The summed E-state index contributed by atoms with van der Waals surface area (Å²) in [6.45, 7) is 2.13. The van der Waals surface area contributed by atoms with Crippen molar-refractivity contribution in [2.45, 2.75) is 19.4 Å². The molecule has 2 aromatic heterocycles. The van der Waals surface area contributed by atoms with Crippen molar-refractivity contribution in [2.75, 3.05) is 0 Å². The van der Waals surface area contributed by atoms with E-state index in [0.29, 0.717) is 5.69 Å². The molecule has 0 saturated heterocycles. The van der Waals surface area contributed by atoms with Crippen LogP contribution in [0.4, 0.5) is 0 Å². The van der Waals surface area contributed by atoms with Gasteiger partial charge in [-0.25, -0.2) is 4.98 Å². The molecular formula is C18H17N3OS. The molecule has 0 spiro atoms. The van der Waals surface area contributed by atoms with Gasteiger partial charge in [0.1, 0.15) is 5.69 Å². The Morgan fingerprint density at radius 1 is 1.22 bits per heavy atom. The lowest BCUT2D eigenvalue weighted by atomic mass is 10.0. The number of thiophene rings is 1. The Morgan fingerprint density at radius 3 is 2.65 bits per heavy atom. The Bertz CT molecular complexity index is 755. The molecule has 3 aromatic rings. The van der Waals surface area contributed by atoms with Crippen LogP contribution in [0, 0.1) is 0 Å². The zero-order valence-electron chi connectivity index (χ0n) is 12.8. The Morgan fingerprint density at radius 2 is 2.04 bits per heavy atom. The Balaban J connectivity index is 1.88. The molecule has 0 aliphatic rings. The molecular weight excluding hydrogens is 306 g/mol. The minimum atomic E-state index is -0.226. The van der Waals surface area contributed by atoms with Crippen LogP contribution in [0.15, 0.2) is 60.4 Å². The number of carbonyl (C=O) groups excluding carboxylic acids is 1. The van der Waals surface area contributed by atoms with Gasteiger partial charge in [-0.3, -0.25) is 9.78 Å². The number of hydrogen-bond donors (Lipinski definition) is 1. The van der Waals surface area contributed by atoms with Crippen molar-refractivity contribution in [3.63, 3.8) is 0 Å². The van der Waals surface area contributed by atoms with Gasteiger partial charge in [-0.1, -0.05) is 37.3 Å². The summed E-state index contributed by atoms with van der Waals surface area (Å²) in [6, 6.07) is 12.2. The van der Waals surface area contributed by atoms with E-state index >= 15 is 0 Å². The van der Waals surface area contributed by atoms with Gasteiger partial charge in [-0.05, 0) is 29.0 Å². The van der Waals surface area contributed by atoms with Crippen molar-refractivity contribution >= 4 is 17.2 Å². The second kappa shape index (κ2) is 7.15. The molecule has 23 heavy (non-hydrogen) atoms. The normalized spacial score (nSPS) is 11.9. The summed E-state index contributed by atoms with van der Waals surface area (Å²) in [5, 5.41) is 5.07. The largest absolute Gasteiger partial charge is 0.339 e. The van der Waals surface area contributed by atoms with Crippen molar-refractivity contribution in [3.05, 3.63) is 82.1 Å². The molecule has 1 N–H and O–H groups in total. The lowest BCUT2D eigenvalue weighted by Gasteiger charge is -2.18. The average Bonchev–Trinajstić information content (AvgIpc) is 3.15. The number of carbonyl (C=O) groups is 1. The zero-order chi connectivity index (χ0) is 16.1. The van der Waals surface area contributed by atoms with Gasteiger partial charge in [0.2, 0.25) is 0 Å². The van der Waals surface area contributed by atoms with E-state index in [2.05, 4.69) is 46.5 Å². The highest BCUT2D eigenvalue weighted by Gasteiger charge is 2.19. The number of benzene rings is 1. The van der Waals surface area contributed by atoms with Crippen LogP contribution in [0.5, 0.6) is 0 Å². The molecule has 116 valence electrons. The predicted octanol–water partition coefficient (Wildman–Crippen LogP) is 3.62. The third kappa shape index (κ3) is 3.63. The standard InChI is InChI=1S/C18H17N3OS/c1-2-13-5-7-14(8-6-13)17(16-4-3-11-23-16)21-18(22)15-12-19-9-10-20-15/h3-12,17H,2H2,1H3,(H,21,22). The smallest absolute Gasteiger partial charge is 0.272 e. The maximum absolute atomic E-state index is 12.4. The number of nitrogens with one attached hydrogen (secondary N) is 1. The highest BCUT2D eigenvalue weighted by molar-refractivity contribution is 7.10. The predicted molar refractivity (Wildman–Crippen MR) is 91.5 cm³/mol. The molecule has 4 nitrogen and oxygen atoms in total. The minimum absolute atomic E-state index is 0.185. The summed E-state index contributed by atoms with van der Waals surface area (Å²) in [5.41, 5.74) is 2.65. The van der Waals surface area contributed by atoms with E-state index in [0.717, 1.165) is 16.9 Å². The summed E-state index contributed by atoms with van der Waals surface area (Å²) in [6.07, 6.45) is 5.54. The summed E-state index contributed by atoms with van der Waals surface area (Å²) >= 11 is 1.62. The van der Waals surface area contributed by atoms with Crippen molar-refractivity contribution in [1.29, 1.82) is 0 Å². The van der Waals surface area contributed by atoms with Gasteiger partial charge in [0.15, 0.2) is 0 Å². The van der Waals surface area contributed by atoms with E-state index in [1.165, 1.54) is 18.0 Å². The first kappa shape index (κ1) is 15.4. The van der Waals surface area contributed by atoms with Gasteiger partial charge in [0, 0.05) is 17.3 Å². The number of nitrogens with zero attached hydrogens (tertiary/aromatic N) is 2. The maximum atomic E-state index is 12.4. The molecule has 1 aromatic carbocycles. The van der Waals surface area contributed by atoms with Crippen molar-refractivity contribution in [1.82, 2.24) is 15.3 Å². The van der Waals surface area contributed by atoms with E-state index in [1.54, 1.807) is 17.5 Å². The van der Waals surface area contributed by atoms with Crippen molar-refractivity contribution in [3.8, 4) is 0 Å². The quantitative estimate of drug-likeness (QED) is 0.780. The van der Waals surface area contributed by atoms with Gasteiger partial charge in [-0.15, -0.1) is 11.3 Å². The molecule has 1 unspecified atom stereocenters. The van der Waals surface area contributed by atoms with Crippen LogP contribution in [0.3, 0.4) is 0 Å². The molecule has 0 radical (unpaired) electrons. The molecule has 0 aliphatic carbocycles. The first-order chi connectivity index (χ1) is 11.3. The number of hydrogen-bond acceptors (Lipinski definition) is 4. The fourth-order valence-corrected chi connectivity index (χ4v) is 3.14.